The third-order valence-corrected chi connectivity index (χ3v) is 4.57. The van der Waals surface area contributed by atoms with Gasteiger partial charge >= 0.3 is 0 Å². The van der Waals surface area contributed by atoms with Crippen molar-refractivity contribution < 1.29 is 19.1 Å². The van der Waals surface area contributed by atoms with Crippen molar-refractivity contribution >= 4 is 39.0 Å². The van der Waals surface area contributed by atoms with Gasteiger partial charge in [-0.25, -0.2) is 9.29 Å². The SMILES string of the molecule is CN(CCO)C1=C(c2ccc(F)cc2)C(=O)N(c2cccc(Br)c2)C1=O. The molecule has 0 aliphatic carbocycles. The average molecular weight is 419 g/mol. The predicted molar refractivity (Wildman–Crippen MR) is 99.7 cm³/mol. The molecule has 0 saturated carbocycles. The molecule has 0 aromatic heterocycles. The number of imide groups is 1. The molecular weight excluding hydrogens is 403 g/mol. The van der Waals surface area contributed by atoms with Gasteiger partial charge in [0.1, 0.15) is 11.5 Å². The number of hydrogen-bond donors (Lipinski definition) is 1. The maximum Gasteiger partial charge on any atom is 0.282 e. The highest BCUT2D eigenvalue weighted by Gasteiger charge is 2.41. The Morgan fingerprint density at radius 3 is 2.42 bits per heavy atom. The molecule has 1 heterocycles. The quantitative estimate of drug-likeness (QED) is 0.758. The van der Waals surface area contributed by atoms with Crippen molar-refractivity contribution in [3.05, 3.63) is 70.1 Å². The summed E-state index contributed by atoms with van der Waals surface area (Å²) in [7, 11) is 1.63. The van der Waals surface area contributed by atoms with Gasteiger partial charge in [0, 0.05) is 18.1 Å². The third-order valence-electron chi connectivity index (χ3n) is 4.08. The molecule has 1 aliphatic heterocycles. The van der Waals surface area contributed by atoms with E-state index in [9.17, 15) is 19.1 Å². The number of likely N-dealkylation sites (N-methyl/N-ethyl adjacent to an activating group) is 1. The first kappa shape index (κ1) is 18.3. The molecule has 1 N–H and O–H groups in total. The highest BCUT2D eigenvalue weighted by Crippen LogP contribution is 2.35. The fourth-order valence-electron chi connectivity index (χ4n) is 2.86. The van der Waals surface area contributed by atoms with Crippen molar-refractivity contribution in [2.24, 2.45) is 0 Å². The number of carbonyl (C=O) groups is 2. The van der Waals surface area contributed by atoms with Crippen LogP contribution < -0.4 is 4.90 Å². The Balaban J connectivity index is 2.13. The minimum Gasteiger partial charge on any atom is -0.395 e. The van der Waals surface area contributed by atoms with Crippen molar-refractivity contribution in [3.63, 3.8) is 0 Å². The van der Waals surface area contributed by atoms with Crippen LogP contribution in [0, 0.1) is 5.82 Å². The zero-order chi connectivity index (χ0) is 18.8. The van der Waals surface area contributed by atoms with E-state index >= 15 is 0 Å². The Bertz CT molecular complexity index is 896. The van der Waals surface area contributed by atoms with E-state index in [-0.39, 0.29) is 24.4 Å². The van der Waals surface area contributed by atoms with E-state index in [1.54, 1.807) is 31.3 Å². The molecule has 2 amide bonds. The summed E-state index contributed by atoms with van der Waals surface area (Å²) in [5, 5.41) is 9.23. The maximum absolute atomic E-state index is 13.3. The van der Waals surface area contributed by atoms with E-state index in [2.05, 4.69) is 15.9 Å². The second-order valence-corrected chi connectivity index (χ2v) is 6.72. The van der Waals surface area contributed by atoms with E-state index in [1.165, 1.54) is 29.2 Å². The number of halogens is 2. The van der Waals surface area contributed by atoms with Crippen LogP contribution in [0.15, 0.2) is 58.7 Å². The second-order valence-electron chi connectivity index (χ2n) is 5.80. The van der Waals surface area contributed by atoms with Crippen LogP contribution >= 0.6 is 15.9 Å². The standard InChI is InChI=1S/C19H16BrFN2O3/c1-22(9-10-24)17-16(12-5-7-14(21)8-6-12)18(25)23(19(17)26)15-4-2-3-13(20)11-15/h2-8,11,24H,9-10H2,1H3. The number of nitrogens with zero attached hydrogens (tertiary/aromatic N) is 2. The van der Waals surface area contributed by atoms with Crippen LogP contribution in [-0.4, -0.2) is 42.0 Å². The summed E-state index contributed by atoms with van der Waals surface area (Å²) in [6.07, 6.45) is 0. The molecule has 2 aromatic rings. The topological polar surface area (TPSA) is 60.9 Å². The van der Waals surface area contributed by atoms with Gasteiger partial charge in [-0.15, -0.1) is 0 Å². The van der Waals surface area contributed by atoms with Crippen LogP contribution in [0.4, 0.5) is 10.1 Å². The molecule has 0 unspecified atom stereocenters. The van der Waals surface area contributed by atoms with Crippen LogP contribution in [0.2, 0.25) is 0 Å². The lowest BCUT2D eigenvalue weighted by molar-refractivity contribution is -0.120. The number of hydrogen-bond acceptors (Lipinski definition) is 4. The largest absolute Gasteiger partial charge is 0.395 e. The predicted octanol–water partition coefficient (Wildman–Crippen LogP) is 2.80. The van der Waals surface area contributed by atoms with Crippen LogP contribution in [0.25, 0.3) is 5.57 Å². The summed E-state index contributed by atoms with van der Waals surface area (Å²) >= 11 is 3.34. The van der Waals surface area contributed by atoms with Gasteiger partial charge < -0.3 is 10.0 Å². The third kappa shape index (κ3) is 3.27. The van der Waals surface area contributed by atoms with E-state index < -0.39 is 17.6 Å². The van der Waals surface area contributed by atoms with Crippen LogP contribution in [0.5, 0.6) is 0 Å². The molecule has 1 aliphatic rings. The number of rotatable bonds is 5. The molecule has 2 aromatic carbocycles. The lowest BCUT2D eigenvalue weighted by Gasteiger charge is -2.20. The molecule has 7 heteroatoms. The lowest BCUT2D eigenvalue weighted by Crippen LogP contribution is -2.34. The summed E-state index contributed by atoms with van der Waals surface area (Å²) < 4.78 is 14.0. The molecule has 0 fully saturated rings. The Labute approximate surface area is 158 Å². The Morgan fingerprint density at radius 2 is 1.81 bits per heavy atom. The first-order valence-electron chi connectivity index (χ1n) is 7.90. The van der Waals surface area contributed by atoms with Crippen LogP contribution in [0.1, 0.15) is 5.56 Å². The first-order chi connectivity index (χ1) is 12.4. The van der Waals surface area contributed by atoms with Crippen molar-refractivity contribution in [3.8, 4) is 0 Å². The first-order valence-corrected chi connectivity index (χ1v) is 8.70. The molecule has 0 atom stereocenters. The van der Waals surface area contributed by atoms with Crippen LogP contribution in [-0.2, 0) is 9.59 Å². The molecule has 26 heavy (non-hydrogen) atoms. The fraction of sp³-hybridized carbons (Fsp3) is 0.158. The van der Waals surface area contributed by atoms with E-state index in [1.807, 2.05) is 0 Å². The number of amides is 2. The highest BCUT2D eigenvalue weighted by atomic mass is 79.9. The summed E-state index contributed by atoms with van der Waals surface area (Å²) in [6, 6.07) is 12.3. The van der Waals surface area contributed by atoms with Gasteiger partial charge in [0.15, 0.2) is 0 Å². The minimum absolute atomic E-state index is 0.172. The zero-order valence-electron chi connectivity index (χ0n) is 13.9. The van der Waals surface area contributed by atoms with Gasteiger partial charge in [0.2, 0.25) is 0 Å². The second kappa shape index (κ2) is 7.39. The Morgan fingerprint density at radius 1 is 1.12 bits per heavy atom. The number of aliphatic hydroxyl groups excluding tert-OH is 1. The Hall–Kier alpha value is -2.51. The van der Waals surface area contributed by atoms with Gasteiger partial charge in [-0.3, -0.25) is 9.59 Å². The molecule has 0 saturated heterocycles. The van der Waals surface area contributed by atoms with Gasteiger partial charge in [-0.05, 0) is 35.9 Å². The molecule has 134 valence electrons. The van der Waals surface area contributed by atoms with Crippen LogP contribution in [0.3, 0.4) is 0 Å². The average Bonchev–Trinajstić information content (AvgIpc) is 2.86. The number of carbonyl (C=O) groups excluding carboxylic acids is 2. The summed E-state index contributed by atoms with van der Waals surface area (Å²) in [5.74, 6) is -1.40. The molecule has 0 bridgehead atoms. The molecule has 0 spiro atoms. The van der Waals surface area contributed by atoms with E-state index in [0.717, 1.165) is 9.37 Å². The molecule has 5 nitrogen and oxygen atoms in total. The van der Waals surface area contributed by atoms with Gasteiger partial charge in [-0.1, -0.05) is 34.1 Å². The van der Waals surface area contributed by atoms with Crippen molar-refractivity contribution in [1.29, 1.82) is 0 Å². The summed E-state index contributed by atoms with van der Waals surface area (Å²) in [6.45, 7) is 0.0143. The lowest BCUT2D eigenvalue weighted by atomic mass is 10.0. The number of aliphatic hydroxyl groups is 1. The summed E-state index contributed by atoms with van der Waals surface area (Å²) in [5.41, 5.74) is 1.24. The molecule has 0 radical (unpaired) electrons. The van der Waals surface area contributed by atoms with E-state index in [0.29, 0.717) is 11.3 Å². The van der Waals surface area contributed by atoms with Crippen molar-refractivity contribution in [1.82, 2.24) is 4.90 Å². The van der Waals surface area contributed by atoms with Crippen molar-refractivity contribution in [2.45, 2.75) is 0 Å². The smallest absolute Gasteiger partial charge is 0.282 e. The normalized spacial score (nSPS) is 14.4. The molecule has 3 rings (SSSR count). The van der Waals surface area contributed by atoms with Gasteiger partial charge in [-0.2, -0.15) is 0 Å². The molecular formula is C19H16BrFN2O3. The maximum atomic E-state index is 13.3. The zero-order valence-corrected chi connectivity index (χ0v) is 15.5. The number of benzene rings is 2. The monoisotopic (exact) mass is 418 g/mol. The highest BCUT2D eigenvalue weighted by molar-refractivity contribution is 9.10. The van der Waals surface area contributed by atoms with E-state index in [4.69, 9.17) is 0 Å². The van der Waals surface area contributed by atoms with Gasteiger partial charge in [0.25, 0.3) is 11.8 Å². The number of anilines is 1. The summed E-state index contributed by atoms with van der Waals surface area (Å²) in [4.78, 5) is 28.7. The van der Waals surface area contributed by atoms with Crippen molar-refractivity contribution in [2.75, 3.05) is 25.1 Å². The van der Waals surface area contributed by atoms with Gasteiger partial charge in [0.05, 0.1) is 17.9 Å². The minimum atomic E-state index is -0.487. The Kier molecular flexibility index (Phi) is 5.20. The fourth-order valence-corrected chi connectivity index (χ4v) is 3.25.